The highest BCUT2D eigenvalue weighted by atomic mass is 35.5. The van der Waals surface area contributed by atoms with Crippen molar-refractivity contribution >= 4 is 40.5 Å². The third kappa shape index (κ3) is 3.93. The number of fused-ring (bicyclic) bond motifs is 1. The van der Waals surface area contributed by atoms with E-state index < -0.39 is 29.6 Å². The van der Waals surface area contributed by atoms with Crippen molar-refractivity contribution in [1.82, 2.24) is 4.57 Å². The molecular weight excluding hydrogens is 382 g/mol. The van der Waals surface area contributed by atoms with E-state index in [1.54, 1.807) is 26.8 Å². The second-order valence-electron chi connectivity index (χ2n) is 8.26. The Morgan fingerprint density at radius 2 is 2.14 bits per heavy atom. The SMILES string of the molecule is Cn1cc(/C=C2\CC(CO)(COC(=O)C(C)(C)C)OC2=O)c2cc(Cl)ccc21. The molecule has 0 radical (unpaired) electrons. The molecule has 1 unspecified atom stereocenters. The first-order valence-electron chi connectivity index (χ1n) is 9.01. The van der Waals surface area contributed by atoms with Crippen molar-refractivity contribution in [3.05, 3.63) is 40.6 Å². The minimum atomic E-state index is -1.26. The number of aliphatic hydroxyl groups excluding tert-OH is 1. The van der Waals surface area contributed by atoms with Gasteiger partial charge in [-0.05, 0) is 45.0 Å². The molecular formula is C21H24ClNO5. The predicted molar refractivity (Wildman–Crippen MR) is 107 cm³/mol. The van der Waals surface area contributed by atoms with Crippen molar-refractivity contribution in [3.8, 4) is 0 Å². The molecule has 0 amide bonds. The molecule has 0 spiro atoms. The fraction of sp³-hybridized carbons (Fsp3) is 0.429. The summed E-state index contributed by atoms with van der Waals surface area (Å²) in [5.74, 6) is -0.947. The third-order valence-electron chi connectivity index (χ3n) is 4.76. The van der Waals surface area contributed by atoms with Gasteiger partial charge in [-0.25, -0.2) is 4.79 Å². The summed E-state index contributed by atoms with van der Waals surface area (Å²) in [5.41, 5.74) is 0.280. The highest BCUT2D eigenvalue weighted by molar-refractivity contribution is 6.31. The van der Waals surface area contributed by atoms with Crippen LogP contribution in [0.1, 0.15) is 32.8 Å². The van der Waals surface area contributed by atoms with Crippen molar-refractivity contribution in [2.24, 2.45) is 12.5 Å². The van der Waals surface area contributed by atoms with Crippen LogP contribution < -0.4 is 0 Å². The molecule has 1 N–H and O–H groups in total. The second kappa shape index (κ2) is 7.26. The lowest BCUT2D eigenvalue weighted by Crippen LogP contribution is -2.40. The number of ether oxygens (including phenoxy) is 2. The lowest BCUT2D eigenvalue weighted by molar-refractivity contribution is -0.171. The predicted octanol–water partition coefficient (Wildman–Crippen LogP) is 3.48. The summed E-state index contributed by atoms with van der Waals surface area (Å²) < 4.78 is 12.7. The van der Waals surface area contributed by atoms with Crippen LogP contribution in [-0.2, 0) is 26.1 Å². The van der Waals surface area contributed by atoms with E-state index in [1.807, 2.05) is 36.0 Å². The summed E-state index contributed by atoms with van der Waals surface area (Å²) in [5, 5.41) is 11.3. The van der Waals surface area contributed by atoms with Crippen LogP contribution in [0.2, 0.25) is 5.02 Å². The molecule has 6 nitrogen and oxygen atoms in total. The van der Waals surface area contributed by atoms with Gasteiger partial charge in [0.15, 0.2) is 5.60 Å². The average Bonchev–Trinajstić information content (AvgIpc) is 3.10. The van der Waals surface area contributed by atoms with Crippen LogP contribution in [0.15, 0.2) is 30.0 Å². The van der Waals surface area contributed by atoms with Crippen LogP contribution in [0.25, 0.3) is 17.0 Å². The first-order chi connectivity index (χ1) is 13.0. The van der Waals surface area contributed by atoms with E-state index in [9.17, 15) is 14.7 Å². The molecule has 2 heterocycles. The van der Waals surface area contributed by atoms with Crippen LogP contribution >= 0.6 is 11.6 Å². The fourth-order valence-electron chi connectivity index (χ4n) is 3.15. The number of aromatic nitrogens is 1. The van der Waals surface area contributed by atoms with Crippen LogP contribution in [-0.4, -0.2) is 40.4 Å². The van der Waals surface area contributed by atoms with E-state index in [2.05, 4.69) is 0 Å². The molecule has 1 aliphatic heterocycles. The van der Waals surface area contributed by atoms with E-state index >= 15 is 0 Å². The van der Waals surface area contributed by atoms with Crippen LogP contribution in [0, 0.1) is 5.41 Å². The van der Waals surface area contributed by atoms with Gasteiger partial charge in [-0.2, -0.15) is 0 Å². The molecule has 1 aliphatic rings. The Morgan fingerprint density at radius 3 is 2.79 bits per heavy atom. The molecule has 1 atom stereocenters. The molecule has 1 fully saturated rings. The lowest BCUT2D eigenvalue weighted by Gasteiger charge is -2.26. The number of nitrogens with zero attached hydrogens (tertiary/aromatic N) is 1. The zero-order valence-corrected chi connectivity index (χ0v) is 17.2. The number of halogens is 1. The summed E-state index contributed by atoms with van der Waals surface area (Å²) >= 11 is 6.12. The molecule has 7 heteroatoms. The van der Waals surface area contributed by atoms with Crippen molar-refractivity contribution < 1.29 is 24.2 Å². The van der Waals surface area contributed by atoms with Crippen LogP contribution in [0.3, 0.4) is 0 Å². The molecule has 3 rings (SSSR count). The minimum absolute atomic E-state index is 0.150. The van der Waals surface area contributed by atoms with Gasteiger partial charge in [0.1, 0.15) is 6.61 Å². The van der Waals surface area contributed by atoms with E-state index in [0.717, 1.165) is 16.5 Å². The van der Waals surface area contributed by atoms with Gasteiger partial charge in [-0.3, -0.25) is 4.79 Å². The van der Waals surface area contributed by atoms with Gasteiger partial charge < -0.3 is 19.1 Å². The lowest BCUT2D eigenvalue weighted by atomic mass is 9.96. The molecule has 0 saturated carbocycles. The van der Waals surface area contributed by atoms with E-state index in [0.29, 0.717) is 10.6 Å². The first kappa shape index (κ1) is 20.4. The standard InChI is InChI=1S/C21H24ClNO5/c1-20(2,3)19(26)27-12-21(11-24)9-13(18(25)28-21)7-14-10-23(4)17-6-5-15(22)8-16(14)17/h5-8,10,24H,9,11-12H2,1-4H3/b13-7+. The molecule has 150 valence electrons. The Kier molecular flexibility index (Phi) is 5.30. The van der Waals surface area contributed by atoms with Gasteiger partial charge in [0.25, 0.3) is 0 Å². The maximum atomic E-state index is 12.4. The molecule has 2 aromatic rings. The second-order valence-corrected chi connectivity index (χ2v) is 8.70. The zero-order chi connectivity index (χ0) is 20.7. The number of carbonyl (C=O) groups is 2. The maximum absolute atomic E-state index is 12.4. The van der Waals surface area contributed by atoms with Gasteiger partial charge >= 0.3 is 11.9 Å². The molecule has 0 bridgehead atoms. The van der Waals surface area contributed by atoms with Crippen LogP contribution in [0.5, 0.6) is 0 Å². The van der Waals surface area contributed by atoms with Gasteiger partial charge in [0.2, 0.25) is 0 Å². The summed E-state index contributed by atoms with van der Waals surface area (Å²) in [6, 6.07) is 5.57. The monoisotopic (exact) mass is 405 g/mol. The Labute approximate surface area is 168 Å². The van der Waals surface area contributed by atoms with Crippen molar-refractivity contribution in [3.63, 3.8) is 0 Å². The van der Waals surface area contributed by atoms with Crippen LogP contribution in [0.4, 0.5) is 0 Å². The number of hydrogen-bond donors (Lipinski definition) is 1. The average molecular weight is 406 g/mol. The van der Waals surface area contributed by atoms with E-state index in [-0.39, 0.29) is 13.0 Å². The van der Waals surface area contributed by atoms with Gasteiger partial charge in [0, 0.05) is 46.7 Å². The Hall–Kier alpha value is -2.31. The number of esters is 2. The summed E-state index contributed by atoms with van der Waals surface area (Å²) in [7, 11) is 1.91. The van der Waals surface area contributed by atoms with E-state index in [4.69, 9.17) is 21.1 Å². The summed E-state index contributed by atoms with van der Waals surface area (Å²) in [6.07, 6.45) is 3.79. The number of aryl methyl sites for hydroxylation is 1. The Bertz CT molecular complexity index is 969. The smallest absolute Gasteiger partial charge is 0.334 e. The third-order valence-corrected chi connectivity index (χ3v) is 5.00. The van der Waals surface area contributed by atoms with Gasteiger partial charge in [-0.1, -0.05) is 11.6 Å². The minimum Gasteiger partial charge on any atom is -0.461 e. The quantitative estimate of drug-likeness (QED) is 0.622. The molecule has 1 aromatic carbocycles. The maximum Gasteiger partial charge on any atom is 0.334 e. The number of rotatable bonds is 4. The number of benzene rings is 1. The molecule has 1 saturated heterocycles. The zero-order valence-electron chi connectivity index (χ0n) is 16.4. The Morgan fingerprint density at radius 1 is 1.43 bits per heavy atom. The normalized spacial score (nSPS) is 21.4. The summed E-state index contributed by atoms with van der Waals surface area (Å²) in [4.78, 5) is 24.5. The van der Waals surface area contributed by atoms with E-state index in [1.165, 1.54) is 0 Å². The number of cyclic esters (lactones) is 1. The first-order valence-corrected chi connectivity index (χ1v) is 9.39. The summed E-state index contributed by atoms with van der Waals surface area (Å²) in [6.45, 7) is 4.58. The number of hydrogen-bond acceptors (Lipinski definition) is 5. The Balaban J connectivity index is 1.87. The molecule has 0 aliphatic carbocycles. The van der Waals surface area contributed by atoms with Crippen molar-refractivity contribution in [2.75, 3.05) is 13.2 Å². The molecule has 1 aromatic heterocycles. The largest absolute Gasteiger partial charge is 0.461 e. The number of carbonyl (C=O) groups excluding carboxylic acids is 2. The topological polar surface area (TPSA) is 77.8 Å². The van der Waals surface area contributed by atoms with Crippen molar-refractivity contribution in [1.29, 1.82) is 0 Å². The van der Waals surface area contributed by atoms with Gasteiger partial charge in [0.05, 0.1) is 12.0 Å². The fourth-order valence-corrected chi connectivity index (χ4v) is 3.32. The molecule has 28 heavy (non-hydrogen) atoms. The van der Waals surface area contributed by atoms with Gasteiger partial charge in [-0.15, -0.1) is 0 Å². The highest BCUT2D eigenvalue weighted by Gasteiger charge is 2.45. The highest BCUT2D eigenvalue weighted by Crippen LogP contribution is 2.34. The number of aliphatic hydroxyl groups is 1. The van der Waals surface area contributed by atoms with Crippen molar-refractivity contribution in [2.45, 2.75) is 32.8 Å².